The van der Waals surface area contributed by atoms with Gasteiger partial charge in [0.2, 0.25) is 0 Å². The molecule has 0 aromatic rings. The van der Waals surface area contributed by atoms with E-state index < -0.39 is 15.6 Å². The van der Waals surface area contributed by atoms with Gasteiger partial charge < -0.3 is 19.2 Å². The summed E-state index contributed by atoms with van der Waals surface area (Å²) in [6, 6.07) is 0. The molecule has 0 radical (unpaired) electrons. The van der Waals surface area contributed by atoms with Crippen LogP contribution in [-0.4, -0.2) is 13.0 Å². The SMILES string of the molecule is O=P([O-])([O-])[O-].O=[S](=O)(O)[Mo+3]. The van der Waals surface area contributed by atoms with Crippen LogP contribution in [0.4, 0.5) is 0 Å². The first kappa shape index (κ1) is 13.3. The van der Waals surface area contributed by atoms with Gasteiger partial charge >= 0.3 is 39.3 Å². The van der Waals surface area contributed by atoms with Crippen molar-refractivity contribution < 1.29 is 50.8 Å². The molecule has 0 aromatic heterocycles. The first-order valence-electron chi connectivity index (χ1n) is 1.41. The van der Waals surface area contributed by atoms with E-state index in [1.165, 1.54) is 0 Å². The molecule has 0 aromatic carbocycles. The van der Waals surface area contributed by atoms with Crippen LogP contribution in [0, 0.1) is 0 Å². The summed E-state index contributed by atoms with van der Waals surface area (Å²) in [6.07, 6.45) is 0. The standard InChI is InChI=1S/Mo.H3O4P.HO3S/c;1-5(2,3)4;1-4(2)3/h;(H3,1,2,3,4);(H,1,2,3)/q+3;;/p-3. The summed E-state index contributed by atoms with van der Waals surface area (Å²) in [5, 5.41) is 0. The molecule has 0 spiro atoms. The van der Waals surface area contributed by atoms with Crippen LogP contribution in [0.25, 0.3) is 0 Å². The monoisotopic (exact) mass is 274 g/mol. The average Bonchev–Trinajstić information content (AvgIpc) is 1.12. The molecule has 0 atom stereocenters. The molecule has 0 saturated carbocycles. The third kappa shape index (κ3) is 1030. The first-order valence-corrected chi connectivity index (χ1v) is 6.70. The third-order valence-corrected chi connectivity index (χ3v) is 0. The Morgan fingerprint density at radius 2 is 1.30 bits per heavy atom. The summed E-state index contributed by atoms with van der Waals surface area (Å²) in [4.78, 5) is 25.6. The van der Waals surface area contributed by atoms with Crippen molar-refractivity contribution in [2.75, 3.05) is 0 Å². The van der Waals surface area contributed by atoms with E-state index in [2.05, 4.69) is 0 Å². The molecule has 0 fully saturated rings. The van der Waals surface area contributed by atoms with Crippen LogP contribution in [-0.2, 0) is 30.9 Å². The Balaban J connectivity index is 0. The summed E-state index contributed by atoms with van der Waals surface area (Å²) in [6.45, 7) is 0. The molecule has 0 bridgehead atoms. The molecule has 0 aliphatic rings. The molecule has 60 valence electrons. The van der Waals surface area contributed by atoms with Crippen molar-refractivity contribution in [3.63, 3.8) is 0 Å². The summed E-state index contributed by atoms with van der Waals surface area (Å²) in [5.41, 5.74) is 0. The summed E-state index contributed by atoms with van der Waals surface area (Å²) in [5.74, 6) is 0. The maximum atomic E-state index is 9.19. The van der Waals surface area contributed by atoms with E-state index in [0.29, 0.717) is 18.5 Å². The Morgan fingerprint density at radius 3 is 1.30 bits per heavy atom. The fourth-order valence-electron chi connectivity index (χ4n) is 0. The fraction of sp³-hybridized carbons (Fsp3) is 0. The fourth-order valence-corrected chi connectivity index (χ4v) is 0. The van der Waals surface area contributed by atoms with Crippen molar-refractivity contribution >= 4 is 15.6 Å². The predicted octanol–water partition coefficient (Wildman–Crippen LogP) is -3.49. The van der Waals surface area contributed by atoms with E-state index in [1.54, 1.807) is 0 Å². The first-order chi connectivity index (χ1) is 4.00. The summed E-state index contributed by atoms with van der Waals surface area (Å²) >= 11 is 0.652. The molecule has 0 saturated heterocycles. The molecule has 0 amide bonds. The van der Waals surface area contributed by atoms with Crippen LogP contribution in [0.3, 0.4) is 0 Å². The third-order valence-electron chi connectivity index (χ3n) is 0. The Hall–Kier alpha value is 0.708. The average molecular weight is 272 g/mol. The molecular formula is HMoO7PS. The van der Waals surface area contributed by atoms with E-state index in [-0.39, 0.29) is 0 Å². The molecular weight excluding hydrogens is 271 g/mol. The zero-order chi connectivity index (χ0) is 9.00. The molecule has 0 aliphatic carbocycles. The number of hydrogen-bond acceptors (Lipinski definition) is 6. The van der Waals surface area contributed by atoms with Crippen LogP contribution >= 0.6 is 7.82 Å². The van der Waals surface area contributed by atoms with E-state index in [1.807, 2.05) is 0 Å². The Bertz CT molecular complexity index is 191. The summed E-state index contributed by atoms with van der Waals surface area (Å²) in [7, 11) is -9.05. The van der Waals surface area contributed by atoms with Crippen molar-refractivity contribution in [2.24, 2.45) is 0 Å². The molecule has 1 N–H and O–H groups in total. The Kier molecular flexibility index (Phi) is 6.07. The normalized spacial score (nSPS) is 11.5. The molecule has 0 aliphatic heterocycles. The van der Waals surface area contributed by atoms with Crippen LogP contribution < -0.4 is 14.7 Å². The van der Waals surface area contributed by atoms with Gasteiger partial charge in [-0.3, -0.25) is 0 Å². The van der Waals surface area contributed by atoms with Crippen molar-refractivity contribution in [1.29, 1.82) is 0 Å². The minimum atomic E-state index is -5.39. The van der Waals surface area contributed by atoms with Gasteiger partial charge in [-0.05, 0) is 0 Å². The maximum absolute atomic E-state index is 9.19. The van der Waals surface area contributed by atoms with Gasteiger partial charge in [-0.25, -0.2) is 0 Å². The van der Waals surface area contributed by atoms with Gasteiger partial charge in [-0.1, -0.05) is 0 Å². The van der Waals surface area contributed by atoms with Crippen LogP contribution in [0.1, 0.15) is 0 Å². The van der Waals surface area contributed by atoms with Crippen LogP contribution in [0.5, 0.6) is 0 Å². The van der Waals surface area contributed by atoms with Gasteiger partial charge in [-0.2, -0.15) is 7.82 Å². The Labute approximate surface area is 66.7 Å². The quantitative estimate of drug-likeness (QED) is 0.274. The second-order valence-electron chi connectivity index (χ2n) is 0.875. The molecule has 0 heterocycles. The van der Waals surface area contributed by atoms with Crippen LogP contribution in [0.2, 0.25) is 0 Å². The predicted molar refractivity (Wildman–Crippen MR) is 19.2 cm³/mol. The number of hydrogen-bond donors (Lipinski definition) is 1. The number of rotatable bonds is 0. The van der Waals surface area contributed by atoms with Gasteiger partial charge in [0.1, 0.15) is 0 Å². The molecule has 0 rings (SSSR count). The van der Waals surface area contributed by atoms with Gasteiger partial charge in [0.25, 0.3) is 0 Å². The van der Waals surface area contributed by atoms with Crippen molar-refractivity contribution in [1.82, 2.24) is 0 Å². The van der Waals surface area contributed by atoms with Crippen LogP contribution in [0.15, 0.2) is 0 Å². The van der Waals surface area contributed by atoms with Gasteiger partial charge in [0, 0.05) is 0 Å². The molecule has 7 nitrogen and oxygen atoms in total. The topological polar surface area (TPSA) is 141 Å². The van der Waals surface area contributed by atoms with Gasteiger partial charge in [-0.15, -0.1) is 0 Å². The van der Waals surface area contributed by atoms with E-state index in [4.69, 9.17) is 23.8 Å². The van der Waals surface area contributed by atoms with Crippen molar-refractivity contribution in [2.45, 2.75) is 0 Å². The molecule has 10 heavy (non-hydrogen) atoms. The molecule has 0 unspecified atom stereocenters. The van der Waals surface area contributed by atoms with Gasteiger partial charge in [0.15, 0.2) is 0 Å². The van der Waals surface area contributed by atoms with E-state index in [9.17, 15) is 8.42 Å². The second-order valence-corrected chi connectivity index (χ2v) is 5.73. The number of phosphoric acid groups is 1. The van der Waals surface area contributed by atoms with Crippen molar-refractivity contribution in [3.8, 4) is 0 Å². The van der Waals surface area contributed by atoms with E-state index >= 15 is 0 Å². The Morgan fingerprint density at radius 1 is 1.30 bits per heavy atom. The van der Waals surface area contributed by atoms with Gasteiger partial charge in [0.05, 0.1) is 0 Å². The minimum absolute atomic E-state index is 0.652. The molecule has 10 heteroatoms. The zero-order valence-corrected chi connectivity index (χ0v) is 7.88. The van der Waals surface area contributed by atoms with E-state index in [0.717, 1.165) is 0 Å². The summed E-state index contributed by atoms with van der Waals surface area (Å²) < 4.78 is 34.4. The zero-order valence-electron chi connectivity index (χ0n) is 4.16. The van der Waals surface area contributed by atoms with Crippen molar-refractivity contribution in [3.05, 3.63) is 0 Å². The second kappa shape index (κ2) is 4.56.